The van der Waals surface area contributed by atoms with Crippen molar-refractivity contribution >= 4 is 39.2 Å². The van der Waals surface area contributed by atoms with Gasteiger partial charge in [0.15, 0.2) is 0 Å². The Bertz CT molecular complexity index is 1050. The van der Waals surface area contributed by atoms with E-state index < -0.39 is 0 Å². The lowest BCUT2D eigenvalue weighted by atomic mass is 9.95. The van der Waals surface area contributed by atoms with Crippen LogP contribution >= 0.6 is 23.1 Å². The highest BCUT2D eigenvalue weighted by Crippen LogP contribution is 2.41. The van der Waals surface area contributed by atoms with Crippen molar-refractivity contribution < 1.29 is 9.53 Å². The Labute approximate surface area is 165 Å². The normalized spacial score (nSPS) is 15.9. The summed E-state index contributed by atoms with van der Waals surface area (Å²) in [5.41, 5.74) is 8.23. The van der Waals surface area contributed by atoms with E-state index >= 15 is 0 Å². The maximum atomic E-state index is 11.4. The zero-order valence-electron chi connectivity index (χ0n) is 15.7. The number of primary amides is 1. The Morgan fingerprint density at radius 2 is 2.19 bits per heavy atom. The molecule has 0 fully saturated rings. The third-order valence-corrected chi connectivity index (χ3v) is 6.53. The van der Waals surface area contributed by atoms with Crippen LogP contribution in [0.5, 0.6) is 0 Å². The molecule has 142 valence electrons. The van der Waals surface area contributed by atoms with Crippen molar-refractivity contribution in [3.63, 3.8) is 0 Å². The molecule has 7 nitrogen and oxygen atoms in total. The molecule has 0 saturated heterocycles. The topological polar surface area (TPSA) is 95.9 Å². The van der Waals surface area contributed by atoms with E-state index in [0.717, 1.165) is 33.1 Å². The van der Waals surface area contributed by atoms with Crippen LogP contribution < -0.4 is 5.73 Å². The highest BCUT2D eigenvalue weighted by Gasteiger charge is 2.31. The molecule has 0 radical (unpaired) electrons. The van der Waals surface area contributed by atoms with Gasteiger partial charge in [-0.3, -0.25) is 4.79 Å². The molecule has 0 aromatic carbocycles. The average Bonchev–Trinajstić information content (AvgIpc) is 3.10. The molecule has 2 N–H and O–H groups in total. The number of amides is 1. The van der Waals surface area contributed by atoms with E-state index in [0.29, 0.717) is 12.6 Å². The Morgan fingerprint density at radius 3 is 2.85 bits per heavy atom. The van der Waals surface area contributed by atoms with Crippen molar-refractivity contribution in [2.75, 3.05) is 5.75 Å². The van der Waals surface area contributed by atoms with Crippen LogP contribution in [0.1, 0.15) is 35.7 Å². The molecular weight excluding hydrogens is 382 g/mol. The van der Waals surface area contributed by atoms with E-state index in [1.807, 2.05) is 19.9 Å². The summed E-state index contributed by atoms with van der Waals surface area (Å²) in [5, 5.41) is 6.29. The lowest BCUT2D eigenvalue weighted by molar-refractivity contribution is -0.115. The van der Waals surface area contributed by atoms with Gasteiger partial charge in [-0.05, 0) is 39.3 Å². The van der Waals surface area contributed by atoms with Gasteiger partial charge in [0.25, 0.3) is 5.95 Å². The number of hydrogen-bond donors (Lipinski definition) is 1. The van der Waals surface area contributed by atoms with Crippen molar-refractivity contribution in [2.24, 2.45) is 5.73 Å². The number of thiophene rings is 1. The SMILES string of the molecule is Cc1cc(C)n(-c2nc(SCC(N)=O)c3c4c(sc3n2)COC(C)(C)C4)n1. The molecule has 27 heavy (non-hydrogen) atoms. The van der Waals surface area contributed by atoms with Gasteiger partial charge in [-0.2, -0.15) is 10.1 Å². The van der Waals surface area contributed by atoms with Crippen LogP contribution in [0.2, 0.25) is 0 Å². The number of carbonyl (C=O) groups is 1. The molecule has 0 bridgehead atoms. The fourth-order valence-corrected chi connectivity index (χ4v) is 5.22. The molecule has 1 aliphatic heterocycles. The first-order valence-corrected chi connectivity index (χ1v) is 10.4. The summed E-state index contributed by atoms with van der Waals surface area (Å²) in [7, 11) is 0. The zero-order chi connectivity index (χ0) is 19.3. The lowest BCUT2D eigenvalue weighted by Crippen LogP contribution is -2.31. The first-order chi connectivity index (χ1) is 12.7. The van der Waals surface area contributed by atoms with Crippen molar-refractivity contribution in [1.29, 1.82) is 0 Å². The number of hydrogen-bond acceptors (Lipinski definition) is 7. The summed E-state index contributed by atoms with van der Waals surface area (Å²) >= 11 is 2.98. The van der Waals surface area contributed by atoms with Crippen molar-refractivity contribution in [1.82, 2.24) is 19.7 Å². The lowest BCUT2D eigenvalue weighted by Gasteiger charge is -2.30. The largest absolute Gasteiger partial charge is 0.370 e. The Hall–Kier alpha value is -1.97. The summed E-state index contributed by atoms with van der Waals surface area (Å²) in [6.45, 7) is 8.65. The molecule has 3 aromatic rings. The highest BCUT2D eigenvalue weighted by atomic mass is 32.2. The Morgan fingerprint density at radius 1 is 1.41 bits per heavy atom. The summed E-state index contributed by atoms with van der Waals surface area (Å²) < 4.78 is 7.70. The van der Waals surface area contributed by atoms with E-state index in [1.165, 1.54) is 22.2 Å². The molecule has 0 atom stereocenters. The molecule has 0 saturated carbocycles. The molecule has 4 rings (SSSR count). The molecule has 9 heteroatoms. The van der Waals surface area contributed by atoms with E-state index in [9.17, 15) is 4.79 Å². The van der Waals surface area contributed by atoms with E-state index in [4.69, 9.17) is 20.4 Å². The van der Waals surface area contributed by atoms with Gasteiger partial charge in [0, 0.05) is 22.4 Å². The maximum Gasteiger partial charge on any atom is 0.253 e. The number of rotatable bonds is 4. The molecule has 0 spiro atoms. The van der Waals surface area contributed by atoms with Crippen LogP contribution in [0.3, 0.4) is 0 Å². The summed E-state index contributed by atoms with van der Waals surface area (Å²) in [4.78, 5) is 23.0. The number of nitrogens with zero attached hydrogens (tertiary/aromatic N) is 4. The first kappa shape index (κ1) is 18.4. The maximum absolute atomic E-state index is 11.4. The molecule has 3 aromatic heterocycles. The predicted octanol–water partition coefficient (Wildman–Crippen LogP) is 2.92. The number of carbonyl (C=O) groups excluding carboxylic acids is 1. The number of fused-ring (bicyclic) bond motifs is 3. The monoisotopic (exact) mass is 403 g/mol. The van der Waals surface area contributed by atoms with E-state index in [-0.39, 0.29) is 17.3 Å². The zero-order valence-corrected chi connectivity index (χ0v) is 17.3. The quantitative estimate of drug-likeness (QED) is 0.531. The fourth-order valence-electron chi connectivity index (χ4n) is 3.27. The highest BCUT2D eigenvalue weighted by molar-refractivity contribution is 8.00. The van der Waals surface area contributed by atoms with Gasteiger partial charge in [0.1, 0.15) is 9.86 Å². The summed E-state index contributed by atoms with van der Waals surface area (Å²) in [6.07, 6.45) is 0.787. The van der Waals surface area contributed by atoms with Crippen LogP contribution in [0, 0.1) is 13.8 Å². The van der Waals surface area contributed by atoms with Crippen LogP contribution in [0.15, 0.2) is 11.1 Å². The van der Waals surface area contributed by atoms with Gasteiger partial charge in [0.05, 0.1) is 23.7 Å². The molecule has 4 heterocycles. The van der Waals surface area contributed by atoms with Crippen molar-refractivity contribution in [2.45, 2.75) is 51.3 Å². The Balaban J connectivity index is 1.91. The van der Waals surface area contributed by atoms with Crippen molar-refractivity contribution in [3.8, 4) is 5.95 Å². The molecule has 0 aliphatic carbocycles. The number of thioether (sulfide) groups is 1. The van der Waals surface area contributed by atoms with Crippen LogP contribution in [-0.4, -0.2) is 37.0 Å². The van der Waals surface area contributed by atoms with E-state index in [2.05, 4.69) is 18.9 Å². The van der Waals surface area contributed by atoms with Gasteiger partial charge in [-0.1, -0.05) is 11.8 Å². The first-order valence-electron chi connectivity index (χ1n) is 8.64. The van der Waals surface area contributed by atoms with Gasteiger partial charge in [-0.15, -0.1) is 11.3 Å². The standard InChI is InChI=1S/C18H21N5O2S2/c1-9-5-10(2)23(22-9)17-20-15(26-8-13(19)24)14-11-6-18(3,4)25-7-12(11)27-16(14)21-17/h5H,6-8H2,1-4H3,(H2,19,24). The second kappa shape index (κ2) is 6.57. The minimum atomic E-state index is -0.368. The summed E-state index contributed by atoms with van der Waals surface area (Å²) in [5.74, 6) is 0.318. The average molecular weight is 404 g/mol. The molecular formula is C18H21N5O2S2. The molecule has 1 aliphatic rings. The predicted molar refractivity (Wildman–Crippen MR) is 107 cm³/mol. The second-order valence-corrected chi connectivity index (χ2v) is 9.38. The number of nitrogens with two attached hydrogens (primary N) is 1. The third-order valence-electron chi connectivity index (χ3n) is 4.44. The van der Waals surface area contributed by atoms with Gasteiger partial charge in [-0.25, -0.2) is 9.67 Å². The van der Waals surface area contributed by atoms with Crippen molar-refractivity contribution in [3.05, 3.63) is 27.9 Å². The fraction of sp³-hybridized carbons (Fsp3) is 0.444. The third kappa shape index (κ3) is 3.46. The number of ether oxygens (including phenoxy) is 1. The van der Waals surface area contributed by atoms with Gasteiger partial charge in [0.2, 0.25) is 5.91 Å². The van der Waals surface area contributed by atoms with E-state index in [1.54, 1.807) is 16.0 Å². The smallest absolute Gasteiger partial charge is 0.253 e. The number of aromatic nitrogens is 4. The number of aryl methyl sites for hydroxylation is 2. The van der Waals surface area contributed by atoms with Gasteiger partial charge < -0.3 is 10.5 Å². The molecule has 0 unspecified atom stereocenters. The van der Waals surface area contributed by atoms with Gasteiger partial charge >= 0.3 is 0 Å². The van der Waals surface area contributed by atoms with Crippen LogP contribution in [0.4, 0.5) is 0 Å². The molecule has 1 amide bonds. The van der Waals surface area contributed by atoms with Crippen LogP contribution in [0.25, 0.3) is 16.2 Å². The van der Waals surface area contributed by atoms with Crippen LogP contribution in [-0.2, 0) is 22.6 Å². The Kier molecular flexibility index (Phi) is 4.48. The second-order valence-electron chi connectivity index (χ2n) is 7.33. The minimum Gasteiger partial charge on any atom is -0.370 e. The minimum absolute atomic E-state index is 0.174. The summed E-state index contributed by atoms with van der Waals surface area (Å²) in [6, 6.07) is 1.99.